The van der Waals surface area contributed by atoms with Crippen LogP contribution in [0.1, 0.15) is 38.1 Å². The SMILES string of the molecule is CC(C)(NC(=O)c1ccsc1)C(C)(C)C(=O)O. The predicted octanol–water partition coefficient (Wildman–Crippen LogP) is 2.37. The third kappa shape index (κ3) is 2.66. The van der Waals surface area contributed by atoms with Crippen LogP contribution in [0, 0.1) is 5.41 Å². The summed E-state index contributed by atoms with van der Waals surface area (Å²) >= 11 is 1.43. The van der Waals surface area contributed by atoms with Crippen LogP contribution in [0.5, 0.6) is 0 Å². The Labute approximate surface area is 105 Å². The maximum absolute atomic E-state index is 11.9. The van der Waals surface area contributed by atoms with Crippen LogP contribution in [0.3, 0.4) is 0 Å². The van der Waals surface area contributed by atoms with Gasteiger partial charge >= 0.3 is 5.97 Å². The molecule has 1 amide bonds. The fourth-order valence-corrected chi connectivity index (χ4v) is 1.81. The molecule has 0 saturated carbocycles. The van der Waals surface area contributed by atoms with E-state index in [-0.39, 0.29) is 5.91 Å². The van der Waals surface area contributed by atoms with Gasteiger partial charge in [-0.2, -0.15) is 11.3 Å². The molecular formula is C12H17NO3S. The lowest BCUT2D eigenvalue weighted by Crippen LogP contribution is -2.56. The fourth-order valence-electron chi connectivity index (χ4n) is 1.17. The fraction of sp³-hybridized carbons (Fsp3) is 0.500. The van der Waals surface area contributed by atoms with Crippen molar-refractivity contribution in [3.05, 3.63) is 22.4 Å². The van der Waals surface area contributed by atoms with Crippen LogP contribution in [-0.4, -0.2) is 22.5 Å². The molecule has 2 N–H and O–H groups in total. The summed E-state index contributed by atoms with van der Waals surface area (Å²) in [6.45, 7) is 6.63. The molecule has 4 nitrogen and oxygen atoms in total. The first-order chi connectivity index (χ1) is 7.68. The van der Waals surface area contributed by atoms with Crippen molar-refractivity contribution in [2.45, 2.75) is 33.2 Å². The molecule has 5 heteroatoms. The average Bonchev–Trinajstić information content (AvgIpc) is 2.68. The molecule has 0 aliphatic rings. The van der Waals surface area contributed by atoms with Crippen LogP contribution in [0.15, 0.2) is 16.8 Å². The minimum atomic E-state index is -1.04. The minimum absolute atomic E-state index is 0.245. The summed E-state index contributed by atoms with van der Waals surface area (Å²) in [6.07, 6.45) is 0. The van der Waals surface area contributed by atoms with Gasteiger partial charge < -0.3 is 10.4 Å². The highest BCUT2D eigenvalue weighted by Gasteiger charge is 2.44. The normalized spacial score (nSPS) is 12.2. The highest BCUT2D eigenvalue weighted by molar-refractivity contribution is 7.08. The van der Waals surface area contributed by atoms with Crippen molar-refractivity contribution in [3.63, 3.8) is 0 Å². The van der Waals surface area contributed by atoms with Crippen molar-refractivity contribution in [2.24, 2.45) is 5.41 Å². The number of thiophene rings is 1. The quantitative estimate of drug-likeness (QED) is 0.868. The number of rotatable bonds is 4. The number of nitrogens with one attached hydrogen (secondary N) is 1. The van der Waals surface area contributed by atoms with E-state index >= 15 is 0 Å². The van der Waals surface area contributed by atoms with E-state index in [1.807, 2.05) is 5.38 Å². The summed E-state index contributed by atoms with van der Waals surface area (Å²) in [7, 11) is 0. The first kappa shape index (κ1) is 13.7. The Morgan fingerprint density at radius 2 is 1.88 bits per heavy atom. The monoisotopic (exact) mass is 255 g/mol. The molecule has 0 saturated heterocycles. The van der Waals surface area contributed by atoms with Gasteiger partial charge in [0.2, 0.25) is 0 Å². The van der Waals surface area contributed by atoms with E-state index in [0.29, 0.717) is 5.56 Å². The third-order valence-electron chi connectivity index (χ3n) is 3.31. The third-order valence-corrected chi connectivity index (χ3v) is 3.99. The molecule has 0 unspecified atom stereocenters. The molecule has 1 heterocycles. The molecule has 0 aliphatic heterocycles. The molecule has 0 fully saturated rings. The predicted molar refractivity (Wildman–Crippen MR) is 67.3 cm³/mol. The summed E-state index contributed by atoms with van der Waals surface area (Å²) in [6, 6.07) is 1.71. The lowest BCUT2D eigenvalue weighted by molar-refractivity contribution is -0.150. The molecule has 0 atom stereocenters. The van der Waals surface area contributed by atoms with Gasteiger partial charge in [0.05, 0.1) is 16.5 Å². The minimum Gasteiger partial charge on any atom is -0.481 e. The Morgan fingerprint density at radius 3 is 2.29 bits per heavy atom. The number of hydrogen-bond acceptors (Lipinski definition) is 3. The van der Waals surface area contributed by atoms with Gasteiger partial charge in [-0.1, -0.05) is 0 Å². The van der Waals surface area contributed by atoms with E-state index < -0.39 is 16.9 Å². The molecule has 0 radical (unpaired) electrons. The second-order valence-electron chi connectivity index (χ2n) is 5.02. The van der Waals surface area contributed by atoms with Gasteiger partial charge in [-0.25, -0.2) is 0 Å². The maximum Gasteiger partial charge on any atom is 0.311 e. The molecule has 0 aromatic carbocycles. The lowest BCUT2D eigenvalue weighted by Gasteiger charge is -2.38. The van der Waals surface area contributed by atoms with Gasteiger partial charge in [0.25, 0.3) is 5.91 Å². The van der Waals surface area contributed by atoms with Gasteiger partial charge in [0.1, 0.15) is 0 Å². The van der Waals surface area contributed by atoms with Gasteiger partial charge in [-0.3, -0.25) is 9.59 Å². The molecule has 17 heavy (non-hydrogen) atoms. The van der Waals surface area contributed by atoms with Crippen molar-refractivity contribution in [2.75, 3.05) is 0 Å². The molecule has 94 valence electrons. The highest BCUT2D eigenvalue weighted by atomic mass is 32.1. The standard InChI is InChI=1S/C12H17NO3S/c1-11(2,10(15)16)12(3,4)13-9(14)8-5-6-17-7-8/h5-7H,1-4H3,(H,13,14)(H,15,16). The van der Waals surface area contributed by atoms with Gasteiger partial charge in [0, 0.05) is 5.38 Å². The van der Waals surface area contributed by atoms with E-state index in [1.165, 1.54) is 11.3 Å². The van der Waals surface area contributed by atoms with Crippen molar-refractivity contribution < 1.29 is 14.7 Å². The number of carboxylic acids is 1. The first-order valence-electron chi connectivity index (χ1n) is 5.26. The Hall–Kier alpha value is -1.36. The summed E-state index contributed by atoms with van der Waals surface area (Å²) in [5.41, 5.74) is -1.32. The summed E-state index contributed by atoms with van der Waals surface area (Å²) < 4.78 is 0. The van der Waals surface area contributed by atoms with Crippen LogP contribution >= 0.6 is 11.3 Å². The second kappa shape index (κ2) is 4.49. The van der Waals surface area contributed by atoms with Crippen LogP contribution in [0.25, 0.3) is 0 Å². The molecule has 0 spiro atoms. The van der Waals surface area contributed by atoms with Crippen LogP contribution < -0.4 is 5.32 Å². The molecule has 1 aromatic heterocycles. The van der Waals surface area contributed by atoms with Crippen molar-refractivity contribution >= 4 is 23.2 Å². The number of carbonyl (C=O) groups is 2. The number of hydrogen-bond donors (Lipinski definition) is 2. The summed E-state index contributed by atoms with van der Waals surface area (Å²) in [5.74, 6) is -1.18. The number of carboxylic acid groups (broad SMARTS) is 1. The van der Waals surface area contributed by atoms with Crippen molar-refractivity contribution in [3.8, 4) is 0 Å². The van der Waals surface area contributed by atoms with Crippen LogP contribution in [0.2, 0.25) is 0 Å². The van der Waals surface area contributed by atoms with E-state index in [2.05, 4.69) is 5.32 Å². The van der Waals surface area contributed by atoms with Crippen LogP contribution in [-0.2, 0) is 4.79 Å². The molecular weight excluding hydrogens is 238 g/mol. The van der Waals surface area contributed by atoms with Gasteiger partial charge in [-0.15, -0.1) is 0 Å². The van der Waals surface area contributed by atoms with Gasteiger partial charge in [-0.05, 0) is 39.1 Å². The zero-order chi connectivity index (χ0) is 13.3. The maximum atomic E-state index is 11.9. The van der Waals surface area contributed by atoms with Crippen molar-refractivity contribution in [1.29, 1.82) is 0 Å². The van der Waals surface area contributed by atoms with E-state index in [4.69, 9.17) is 0 Å². The van der Waals surface area contributed by atoms with Crippen molar-refractivity contribution in [1.82, 2.24) is 5.32 Å². The Morgan fingerprint density at radius 1 is 1.29 bits per heavy atom. The first-order valence-corrected chi connectivity index (χ1v) is 6.21. The number of aliphatic carboxylic acids is 1. The van der Waals surface area contributed by atoms with E-state index in [9.17, 15) is 14.7 Å². The van der Waals surface area contributed by atoms with Gasteiger partial charge in [0.15, 0.2) is 0 Å². The van der Waals surface area contributed by atoms with E-state index in [1.54, 1.807) is 39.1 Å². The van der Waals surface area contributed by atoms with Crippen LogP contribution in [0.4, 0.5) is 0 Å². The number of amides is 1. The molecule has 0 bridgehead atoms. The second-order valence-corrected chi connectivity index (χ2v) is 5.80. The average molecular weight is 255 g/mol. The smallest absolute Gasteiger partial charge is 0.311 e. The van der Waals surface area contributed by atoms with E-state index in [0.717, 1.165) is 0 Å². The highest BCUT2D eigenvalue weighted by Crippen LogP contribution is 2.31. The molecule has 0 aliphatic carbocycles. The zero-order valence-corrected chi connectivity index (χ0v) is 11.2. The summed E-state index contributed by atoms with van der Waals surface area (Å²) in [4.78, 5) is 23.1. The Bertz CT molecular complexity index is 421. The lowest BCUT2D eigenvalue weighted by atomic mass is 9.74. The topological polar surface area (TPSA) is 66.4 Å². The molecule has 1 aromatic rings. The Balaban J connectivity index is 2.87. The zero-order valence-electron chi connectivity index (χ0n) is 10.4. The summed E-state index contributed by atoms with van der Waals surface area (Å²) in [5, 5.41) is 15.5. The molecule has 1 rings (SSSR count). The largest absolute Gasteiger partial charge is 0.481 e. The number of carbonyl (C=O) groups excluding carboxylic acids is 1. The Kier molecular flexibility index (Phi) is 3.62.